The SMILES string of the molecule is C[C@H](OC(=O)[C@@H]1[C@H]2C[C@H]3[C@H](OC(=O)[C@@H]31)[C@@H]2Br)C(=O)c1ccc(OCc2ccccc2)cc1. The van der Waals surface area contributed by atoms with Crippen molar-refractivity contribution in [2.75, 3.05) is 0 Å². The molecule has 166 valence electrons. The van der Waals surface area contributed by atoms with Crippen molar-refractivity contribution >= 4 is 33.7 Å². The summed E-state index contributed by atoms with van der Waals surface area (Å²) in [4.78, 5) is 37.9. The molecule has 0 N–H and O–H groups in total. The number of esters is 2. The summed E-state index contributed by atoms with van der Waals surface area (Å²) in [5.74, 6) is -1.41. The molecule has 1 saturated heterocycles. The van der Waals surface area contributed by atoms with Gasteiger partial charge in [0.2, 0.25) is 5.78 Å². The van der Waals surface area contributed by atoms with Gasteiger partial charge in [0.15, 0.2) is 6.10 Å². The topological polar surface area (TPSA) is 78.9 Å². The summed E-state index contributed by atoms with van der Waals surface area (Å²) >= 11 is 3.59. The van der Waals surface area contributed by atoms with Crippen LogP contribution in [0, 0.1) is 23.7 Å². The largest absolute Gasteiger partial charge is 0.489 e. The van der Waals surface area contributed by atoms with Gasteiger partial charge in [0, 0.05) is 11.5 Å². The Labute approximate surface area is 194 Å². The number of carbonyl (C=O) groups excluding carboxylic acids is 3. The predicted molar refractivity (Wildman–Crippen MR) is 118 cm³/mol. The normalized spacial score (nSPS) is 30.6. The van der Waals surface area contributed by atoms with Crippen LogP contribution in [0.15, 0.2) is 54.6 Å². The van der Waals surface area contributed by atoms with E-state index in [4.69, 9.17) is 14.2 Å². The monoisotopic (exact) mass is 498 g/mol. The van der Waals surface area contributed by atoms with E-state index in [2.05, 4.69) is 15.9 Å². The Balaban J connectivity index is 1.20. The average Bonchev–Trinajstić information content (AvgIpc) is 3.42. The lowest BCUT2D eigenvalue weighted by molar-refractivity contribution is -0.157. The van der Waals surface area contributed by atoms with Gasteiger partial charge in [0.25, 0.3) is 0 Å². The summed E-state index contributed by atoms with van der Waals surface area (Å²) in [5.41, 5.74) is 1.49. The van der Waals surface area contributed by atoms with E-state index in [9.17, 15) is 14.4 Å². The van der Waals surface area contributed by atoms with Crippen LogP contribution >= 0.6 is 15.9 Å². The zero-order chi connectivity index (χ0) is 22.4. The molecule has 0 aromatic heterocycles. The highest BCUT2D eigenvalue weighted by atomic mass is 79.9. The Kier molecular flexibility index (Phi) is 5.53. The van der Waals surface area contributed by atoms with Gasteiger partial charge < -0.3 is 14.2 Å². The summed E-state index contributed by atoms with van der Waals surface area (Å²) < 4.78 is 16.7. The number of alkyl halides is 1. The van der Waals surface area contributed by atoms with Crippen molar-refractivity contribution in [3.05, 3.63) is 65.7 Å². The molecule has 2 bridgehead atoms. The van der Waals surface area contributed by atoms with Crippen molar-refractivity contribution in [3.63, 3.8) is 0 Å². The molecule has 7 atom stereocenters. The van der Waals surface area contributed by atoms with Crippen LogP contribution in [0.3, 0.4) is 0 Å². The fourth-order valence-corrected chi connectivity index (χ4v) is 6.34. The summed E-state index contributed by atoms with van der Waals surface area (Å²) in [7, 11) is 0. The van der Waals surface area contributed by atoms with Crippen molar-refractivity contribution in [2.45, 2.75) is 37.0 Å². The molecule has 3 aliphatic rings. The van der Waals surface area contributed by atoms with Crippen LogP contribution in [0.4, 0.5) is 0 Å². The van der Waals surface area contributed by atoms with Crippen molar-refractivity contribution in [1.29, 1.82) is 0 Å². The van der Waals surface area contributed by atoms with Crippen LogP contribution in [0.25, 0.3) is 0 Å². The van der Waals surface area contributed by atoms with Crippen LogP contribution in [0.1, 0.15) is 29.3 Å². The second kappa shape index (κ2) is 8.35. The van der Waals surface area contributed by atoms with E-state index in [1.54, 1.807) is 31.2 Å². The maximum absolute atomic E-state index is 12.9. The molecule has 0 unspecified atom stereocenters. The highest BCUT2D eigenvalue weighted by molar-refractivity contribution is 9.09. The van der Waals surface area contributed by atoms with Crippen molar-refractivity contribution in [1.82, 2.24) is 0 Å². The molecule has 32 heavy (non-hydrogen) atoms. The number of halogens is 1. The van der Waals surface area contributed by atoms with Gasteiger partial charge in [-0.1, -0.05) is 46.3 Å². The number of Topliss-reactive ketones (excluding diaryl/α,β-unsaturated/α-hetero) is 1. The fraction of sp³-hybridized carbons (Fsp3) is 0.400. The molecule has 0 spiro atoms. The van der Waals surface area contributed by atoms with E-state index in [0.29, 0.717) is 17.9 Å². The molecule has 2 aliphatic carbocycles. The summed E-state index contributed by atoms with van der Waals surface area (Å²) in [6.07, 6.45) is -0.327. The lowest BCUT2D eigenvalue weighted by atomic mass is 9.80. The van der Waals surface area contributed by atoms with Gasteiger partial charge in [-0.15, -0.1) is 0 Å². The first kappa shape index (κ1) is 21.2. The average molecular weight is 499 g/mol. The third kappa shape index (κ3) is 3.62. The van der Waals surface area contributed by atoms with Gasteiger partial charge in [-0.3, -0.25) is 14.4 Å². The van der Waals surface area contributed by atoms with Crippen molar-refractivity contribution < 1.29 is 28.6 Å². The Bertz CT molecular complexity index is 1040. The zero-order valence-corrected chi connectivity index (χ0v) is 19.1. The molecule has 2 saturated carbocycles. The van der Waals surface area contributed by atoms with Crippen LogP contribution in [0.2, 0.25) is 0 Å². The molecule has 7 heteroatoms. The molecular weight excluding hydrogens is 476 g/mol. The van der Waals surface area contributed by atoms with Crippen LogP contribution in [0.5, 0.6) is 5.75 Å². The molecule has 1 heterocycles. The number of hydrogen-bond donors (Lipinski definition) is 0. The molecule has 3 fully saturated rings. The fourth-order valence-electron chi connectivity index (χ4n) is 5.29. The standard InChI is InChI=1S/C25H23BrO6/c1-13(31-24(28)19-17-11-18-20(19)25(29)32-23(18)21(17)26)22(27)15-7-9-16(10-8-15)30-12-14-5-3-2-4-6-14/h2-10,13,17-21,23H,11-12H2,1H3/t13-,17+,18+,19+,20-,21+,23-/m0/s1. The second-order valence-corrected chi connectivity index (χ2v) is 9.76. The molecule has 2 aromatic carbocycles. The first-order valence-electron chi connectivity index (χ1n) is 10.8. The molecule has 1 aliphatic heterocycles. The highest BCUT2D eigenvalue weighted by Gasteiger charge is 2.68. The summed E-state index contributed by atoms with van der Waals surface area (Å²) in [6, 6.07) is 16.6. The van der Waals surface area contributed by atoms with Crippen molar-refractivity contribution in [3.8, 4) is 5.75 Å². The number of ketones is 1. The molecule has 0 amide bonds. The first-order chi connectivity index (χ1) is 15.4. The van der Waals surface area contributed by atoms with Gasteiger partial charge in [0.1, 0.15) is 18.5 Å². The summed E-state index contributed by atoms with van der Waals surface area (Å²) in [5, 5.41) is 0. The van der Waals surface area contributed by atoms with Gasteiger partial charge in [-0.05, 0) is 49.1 Å². The number of fused-ring (bicyclic) bond motifs is 1. The van der Waals surface area contributed by atoms with Gasteiger partial charge in [-0.2, -0.15) is 0 Å². The predicted octanol–water partition coefficient (Wildman–Crippen LogP) is 3.95. The molecule has 2 aromatic rings. The highest BCUT2D eigenvalue weighted by Crippen LogP contribution is 2.60. The molecule has 5 rings (SSSR count). The Hall–Kier alpha value is -2.67. The number of rotatable bonds is 7. The van der Waals surface area contributed by atoms with Crippen molar-refractivity contribution in [2.24, 2.45) is 23.7 Å². The van der Waals surface area contributed by atoms with E-state index in [0.717, 1.165) is 12.0 Å². The van der Waals surface area contributed by atoms with Gasteiger partial charge in [0.05, 0.1) is 16.7 Å². The lowest BCUT2D eigenvalue weighted by Gasteiger charge is -2.27. The van der Waals surface area contributed by atoms with E-state index in [1.165, 1.54) is 0 Å². The Morgan fingerprint density at radius 3 is 2.53 bits per heavy atom. The Morgan fingerprint density at radius 2 is 1.81 bits per heavy atom. The quantitative estimate of drug-likeness (QED) is 0.326. The van der Waals surface area contributed by atoms with E-state index < -0.39 is 23.9 Å². The van der Waals surface area contributed by atoms with Crippen LogP contribution in [-0.4, -0.2) is 34.8 Å². The van der Waals surface area contributed by atoms with E-state index in [-0.39, 0.29) is 34.5 Å². The van der Waals surface area contributed by atoms with Gasteiger partial charge in [-0.25, -0.2) is 0 Å². The smallest absolute Gasteiger partial charge is 0.310 e. The minimum Gasteiger partial charge on any atom is -0.489 e. The minimum absolute atomic E-state index is 0.00250. The molecule has 6 nitrogen and oxygen atoms in total. The lowest BCUT2D eigenvalue weighted by Crippen LogP contribution is -2.40. The summed E-state index contributed by atoms with van der Waals surface area (Å²) in [6.45, 7) is 2.00. The maximum Gasteiger partial charge on any atom is 0.310 e. The number of benzene rings is 2. The first-order valence-corrected chi connectivity index (χ1v) is 11.7. The zero-order valence-electron chi connectivity index (χ0n) is 17.5. The Morgan fingerprint density at radius 1 is 1.09 bits per heavy atom. The number of carbonyl (C=O) groups is 3. The third-order valence-corrected chi connectivity index (χ3v) is 8.04. The van der Waals surface area contributed by atoms with Crippen LogP contribution in [-0.2, 0) is 25.7 Å². The van der Waals surface area contributed by atoms with Crippen LogP contribution < -0.4 is 4.74 Å². The van der Waals surface area contributed by atoms with E-state index >= 15 is 0 Å². The molecule has 0 radical (unpaired) electrons. The third-order valence-electron chi connectivity index (χ3n) is 6.84. The second-order valence-electron chi connectivity index (χ2n) is 8.70. The maximum atomic E-state index is 12.9. The molecular formula is C25H23BrO6. The van der Waals surface area contributed by atoms with E-state index in [1.807, 2.05) is 30.3 Å². The number of hydrogen-bond acceptors (Lipinski definition) is 6. The number of ether oxygens (including phenoxy) is 3. The minimum atomic E-state index is -0.945. The van der Waals surface area contributed by atoms with Gasteiger partial charge >= 0.3 is 11.9 Å².